The fraction of sp³-hybridized carbons (Fsp3) is 0.550. The number of esters is 1. The number of rotatable bonds is 3. The fourth-order valence-corrected chi connectivity index (χ4v) is 4.55. The summed E-state index contributed by atoms with van der Waals surface area (Å²) >= 11 is 0. The first-order valence-electron chi connectivity index (χ1n) is 9.43. The molecule has 2 aliphatic heterocycles. The molecule has 0 radical (unpaired) electrons. The van der Waals surface area contributed by atoms with E-state index in [0.717, 1.165) is 12.8 Å². The Morgan fingerprint density at radius 2 is 1.92 bits per heavy atom. The van der Waals surface area contributed by atoms with Gasteiger partial charge in [0.1, 0.15) is 0 Å². The largest absolute Gasteiger partial charge is 0.462 e. The lowest BCUT2D eigenvalue weighted by atomic mass is 9.90. The van der Waals surface area contributed by atoms with Gasteiger partial charge in [-0.2, -0.15) is 0 Å². The summed E-state index contributed by atoms with van der Waals surface area (Å²) in [5, 5.41) is 0. The average molecular weight is 356 g/mol. The van der Waals surface area contributed by atoms with Crippen molar-refractivity contribution >= 4 is 23.5 Å². The standard InChI is InChI=1S/C20H24N2O4/c1-21-18(24)15-9-5-6-10-16(15)22-17(23)11-12-20(21,22)19(25)26-13-14-7-3-2-4-8-14/h5-6,9-10,14H,2-4,7-8,11-13H2,1H3. The Morgan fingerprint density at radius 3 is 2.69 bits per heavy atom. The van der Waals surface area contributed by atoms with Crippen molar-refractivity contribution in [1.82, 2.24) is 4.90 Å². The number of fused-ring (bicyclic) bond motifs is 3. The molecule has 4 rings (SSSR count). The molecule has 2 fully saturated rings. The predicted octanol–water partition coefficient (Wildman–Crippen LogP) is 2.72. The second-order valence-electron chi connectivity index (χ2n) is 7.53. The van der Waals surface area contributed by atoms with Gasteiger partial charge in [0.05, 0.1) is 17.9 Å². The molecule has 1 saturated heterocycles. The Bertz CT molecular complexity index is 756. The SMILES string of the molecule is CN1C(=O)c2ccccc2N2C(=O)CCC12C(=O)OCC1CCCCC1. The van der Waals surface area contributed by atoms with Crippen molar-refractivity contribution in [1.29, 1.82) is 0 Å². The summed E-state index contributed by atoms with van der Waals surface area (Å²) in [7, 11) is 1.59. The first-order chi connectivity index (χ1) is 12.6. The highest BCUT2D eigenvalue weighted by molar-refractivity contribution is 6.15. The van der Waals surface area contributed by atoms with E-state index in [-0.39, 0.29) is 24.7 Å². The van der Waals surface area contributed by atoms with Crippen LogP contribution >= 0.6 is 0 Å². The van der Waals surface area contributed by atoms with Gasteiger partial charge in [0.2, 0.25) is 11.6 Å². The van der Waals surface area contributed by atoms with E-state index in [4.69, 9.17) is 4.74 Å². The van der Waals surface area contributed by atoms with Crippen LogP contribution in [0.4, 0.5) is 5.69 Å². The van der Waals surface area contributed by atoms with E-state index < -0.39 is 11.6 Å². The van der Waals surface area contributed by atoms with E-state index in [1.165, 1.54) is 29.1 Å². The number of para-hydroxylation sites is 1. The number of anilines is 1. The molecule has 1 aromatic carbocycles. The van der Waals surface area contributed by atoms with Crippen LogP contribution in [0.25, 0.3) is 0 Å². The second-order valence-corrected chi connectivity index (χ2v) is 7.53. The molecular weight excluding hydrogens is 332 g/mol. The summed E-state index contributed by atoms with van der Waals surface area (Å²) in [5.74, 6) is -0.501. The summed E-state index contributed by atoms with van der Waals surface area (Å²) in [6, 6.07) is 6.96. The number of carbonyl (C=O) groups excluding carboxylic acids is 3. The Kier molecular flexibility index (Phi) is 4.21. The topological polar surface area (TPSA) is 66.9 Å². The van der Waals surface area contributed by atoms with Crippen LogP contribution in [0.3, 0.4) is 0 Å². The molecule has 138 valence electrons. The van der Waals surface area contributed by atoms with Crippen molar-refractivity contribution in [2.45, 2.75) is 50.6 Å². The highest BCUT2D eigenvalue weighted by Gasteiger charge is 2.60. The minimum Gasteiger partial charge on any atom is -0.462 e. The van der Waals surface area contributed by atoms with Crippen molar-refractivity contribution in [3.05, 3.63) is 29.8 Å². The second kappa shape index (κ2) is 6.41. The van der Waals surface area contributed by atoms with Crippen LogP contribution in [0.15, 0.2) is 24.3 Å². The number of likely N-dealkylation sites (N-methyl/N-ethyl adjacent to an activating group) is 1. The maximum atomic E-state index is 13.1. The minimum absolute atomic E-state index is 0.147. The number of nitrogens with zero attached hydrogens (tertiary/aromatic N) is 2. The molecule has 1 unspecified atom stereocenters. The first kappa shape index (κ1) is 17.1. The summed E-state index contributed by atoms with van der Waals surface area (Å²) < 4.78 is 5.68. The molecule has 6 nitrogen and oxygen atoms in total. The van der Waals surface area contributed by atoms with Gasteiger partial charge in [-0.1, -0.05) is 31.4 Å². The van der Waals surface area contributed by atoms with Gasteiger partial charge in [-0.3, -0.25) is 14.5 Å². The van der Waals surface area contributed by atoms with Crippen LogP contribution in [-0.2, 0) is 14.3 Å². The van der Waals surface area contributed by atoms with Gasteiger partial charge >= 0.3 is 5.97 Å². The average Bonchev–Trinajstić information content (AvgIpc) is 3.04. The summed E-state index contributed by atoms with van der Waals surface area (Å²) in [6.45, 7) is 0.367. The summed E-state index contributed by atoms with van der Waals surface area (Å²) in [6.07, 6.45) is 6.22. The van der Waals surface area contributed by atoms with Crippen molar-refractivity contribution in [2.24, 2.45) is 5.92 Å². The lowest BCUT2D eigenvalue weighted by molar-refractivity contribution is -0.158. The molecule has 2 heterocycles. The maximum absolute atomic E-state index is 13.1. The van der Waals surface area contributed by atoms with Gasteiger partial charge in [0, 0.05) is 19.9 Å². The van der Waals surface area contributed by atoms with Crippen LogP contribution in [0, 0.1) is 5.92 Å². The van der Waals surface area contributed by atoms with Gasteiger partial charge in [0.25, 0.3) is 5.91 Å². The molecule has 0 aromatic heterocycles. The normalized spacial score (nSPS) is 25.9. The summed E-state index contributed by atoms with van der Waals surface area (Å²) in [5.41, 5.74) is -0.398. The van der Waals surface area contributed by atoms with E-state index in [1.54, 1.807) is 31.3 Å². The molecule has 26 heavy (non-hydrogen) atoms. The zero-order chi connectivity index (χ0) is 18.3. The van der Waals surface area contributed by atoms with E-state index in [0.29, 0.717) is 23.8 Å². The lowest BCUT2D eigenvalue weighted by Crippen LogP contribution is -2.67. The van der Waals surface area contributed by atoms with Crippen molar-refractivity contribution < 1.29 is 19.1 Å². The highest BCUT2D eigenvalue weighted by Crippen LogP contribution is 2.44. The molecule has 1 saturated carbocycles. The first-order valence-corrected chi connectivity index (χ1v) is 9.43. The molecule has 2 amide bonds. The number of hydrogen-bond acceptors (Lipinski definition) is 4. The van der Waals surface area contributed by atoms with Crippen molar-refractivity contribution in [3.63, 3.8) is 0 Å². The fourth-order valence-electron chi connectivity index (χ4n) is 4.55. The Hall–Kier alpha value is -2.37. The third-order valence-electron chi connectivity index (χ3n) is 6.04. The van der Waals surface area contributed by atoms with Gasteiger partial charge in [-0.15, -0.1) is 0 Å². The van der Waals surface area contributed by atoms with E-state index in [1.807, 2.05) is 0 Å². The van der Waals surface area contributed by atoms with Gasteiger partial charge in [-0.05, 0) is 30.9 Å². The third kappa shape index (κ3) is 2.42. The zero-order valence-electron chi connectivity index (χ0n) is 15.1. The Labute approximate surface area is 153 Å². The monoisotopic (exact) mass is 356 g/mol. The Morgan fingerprint density at radius 1 is 1.19 bits per heavy atom. The number of hydrogen-bond donors (Lipinski definition) is 0. The predicted molar refractivity (Wildman–Crippen MR) is 95.5 cm³/mol. The minimum atomic E-state index is -1.35. The molecule has 3 aliphatic rings. The number of ether oxygens (including phenoxy) is 1. The summed E-state index contributed by atoms with van der Waals surface area (Å²) in [4.78, 5) is 41.5. The molecule has 1 aliphatic carbocycles. The van der Waals surface area contributed by atoms with E-state index in [2.05, 4.69) is 0 Å². The quantitative estimate of drug-likeness (QED) is 0.781. The molecule has 0 N–H and O–H groups in total. The third-order valence-corrected chi connectivity index (χ3v) is 6.04. The van der Waals surface area contributed by atoms with Crippen LogP contribution in [0.5, 0.6) is 0 Å². The van der Waals surface area contributed by atoms with Crippen LogP contribution in [0.1, 0.15) is 55.3 Å². The van der Waals surface area contributed by atoms with Gasteiger partial charge in [-0.25, -0.2) is 4.79 Å². The number of carbonyl (C=O) groups is 3. The van der Waals surface area contributed by atoms with E-state index in [9.17, 15) is 14.4 Å². The number of benzene rings is 1. The molecular formula is C20H24N2O4. The molecule has 1 aromatic rings. The van der Waals surface area contributed by atoms with Crippen LogP contribution < -0.4 is 4.90 Å². The van der Waals surface area contributed by atoms with Crippen molar-refractivity contribution in [2.75, 3.05) is 18.6 Å². The van der Waals surface area contributed by atoms with E-state index >= 15 is 0 Å². The highest BCUT2D eigenvalue weighted by atomic mass is 16.5. The molecule has 1 atom stereocenters. The van der Waals surface area contributed by atoms with Gasteiger partial charge in [0.15, 0.2) is 0 Å². The lowest BCUT2D eigenvalue weighted by Gasteiger charge is -2.46. The smallest absolute Gasteiger partial charge is 0.353 e. The molecule has 6 heteroatoms. The Balaban J connectivity index is 1.65. The maximum Gasteiger partial charge on any atom is 0.353 e. The molecule has 0 bridgehead atoms. The van der Waals surface area contributed by atoms with Crippen LogP contribution in [0.2, 0.25) is 0 Å². The number of amides is 2. The van der Waals surface area contributed by atoms with Crippen molar-refractivity contribution in [3.8, 4) is 0 Å². The van der Waals surface area contributed by atoms with Crippen LogP contribution in [-0.4, -0.2) is 42.0 Å². The zero-order valence-corrected chi connectivity index (χ0v) is 15.1. The molecule has 0 spiro atoms. The van der Waals surface area contributed by atoms with Gasteiger partial charge < -0.3 is 9.64 Å².